The number of quaternary nitrogens is 5. The third kappa shape index (κ3) is 25.9. The van der Waals surface area contributed by atoms with Crippen LogP contribution < -0.4 is 35.2 Å². The number of rotatable bonds is 25. The zero-order valence-corrected chi connectivity index (χ0v) is 74.8. The molecule has 0 bridgehead atoms. The number of likely N-dealkylation sites (N-methyl/N-ethyl adjacent to an activating group) is 5. The molecule has 10 aromatic heterocycles. The van der Waals surface area contributed by atoms with Gasteiger partial charge >= 0.3 is 0 Å². The van der Waals surface area contributed by atoms with Gasteiger partial charge in [-0.3, -0.25) is 24.0 Å². The number of carbonyl (C=O) groups excluding carboxylic acids is 5. The topological polar surface area (TPSA) is 393 Å². The number of ether oxygens (including phenoxy) is 5. The summed E-state index contributed by atoms with van der Waals surface area (Å²) in [6.07, 6.45) is 27.4. The lowest BCUT2D eigenvalue weighted by molar-refractivity contribution is -0.870. The van der Waals surface area contributed by atoms with E-state index in [0.717, 1.165) is 89.4 Å². The predicted molar refractivity (Wildman–Crippen MR) is 490 cm³/mol. The Hall–Kier alpha value is -14.4. The van der Waals surface area contributed by atoms with Crippen molar-refractivity contribution in [3.63, 3.8) is 0 Å². The van der Waals surface area contributed by atoms with Gasteiger partial charge in [0.2, 0.25) is 11.6 Å². The number of carbonyl (C=O) groups is 5. The number of fused-ring (bicyclic) bond motifs is 5. The van der Waals surface area contributed by atoms with Crippen molar-refractivity contribution in [2.24, 2.45) is 36.4 Å². The molecule has 5 aliphatic carbocycles. The Bertz CT molecular complexity index is 6220. The summed E-state index contributed by atoms with van der Waals surface area (Å²) in [5, 5.41) is 52.0. The maximum atomic E-state index is 12.1. The molecule has 15 rings (SSSR count). The van der Waals surface area contributed by atoms with Crippen molar-refractivity contribution in [2.45, 2.75) is 6.92 Å². The normalized spacial score (nSPS) is 16.6. The molecule has 0 fully saturated rings. The van der Waals surface area contributed by atoms with Crippen LogP contribution in [0.1, 0.15) is 6.92 Å². The first-order valence-corrected chi connectivity index (χ1v) is 40.8. The lowest BCUT2D eigenvalue weighted by Crippen LogP contribution is -2.38. The number of pyridine rings is 5. The molecule has 10 heterocycles. The maximum Gasteiger partial charge on any atom is 0.260 e. The number of allylic oxidation sites excluding steroid dienone is 15. The Morgan fingerprint density at radius 1 is 0.339 bits per heavy atom. The van der Waals surface area contributed by atoms with E-state index in [0.29, 0.717) is 131 Å². The quantitative estimate of drug-likeness (QED) is 0.0202. The van der Waals surface area contributed by atoms with Gasteiger partial charge in [-0.05, 0) is 122 Å². The summed E-state index contributed by atoms with van der Waals surface area (Å²) in [4.78, 5) is 81.2. The Kier molecular flexibility index (Phi) is 29.5. The van der Waals surface area contributed by atoms with Gasteiger partial charge in [0.05, 0.1) is 150 Å². The van der Waals surface area contributed by atoms with E-state index in [9.17, 15) is 39.3 Å². The van der Waals surface area contributed by atoms with Crippen LogP contribution in [0.2, 0.25) is 0 Å². The van der Waals surface area contributed by atoms with Crippen LogP contribution in [-0.4, -0.2) is 315 Å². The molecule has 7 N–H and O–H groups in total. The fourth-order valence-corrected chi connectivity index (χ4v) is 11.9. The highest BCUT2D eigenvalue weighted by molar-refractivity contribution is 6.52. The zero-order valence-electron chi connectivity index (χ0n) is 74.0. The van der Waals surface area contributed by atoms with Crippen LogP contribution in [0.25, 0.3) is 27.6 Å². The third-order valence-corrected chi connectivity index (χ3v) is 19.2. The first-order chi connectivity index (χ1) is 60.0. The van der Waals surface area contributed by atoms with Crippen molar-refractivity contribution in [2.75, 3.05) is 171 Å². The molecule has 0 aliphatic heterocycles. The third-order valence-electron chi connectivity index (χ3n) is 18.9. The van der Waals surface area contributed by atoms with Crippen molar-refractivity contribution in [3.05, 3.63) is 240 Å². The van der Waals surface area contributed by atoms with Crippen LogP contribution in [-0.2, 0) is 24.0 Å². The number of hydrogen-bond donors (Lipinski definition) is 5. The van der Waals surface area contributed by atoms with Crippen molar-refractivity contribution in [1.29, 1.82) is 0 Å². The van der Waals surface area contributed by atoms with Gasteiger partial charge in [-0.2, -0.15) is 0 Å². The monoisotopic (exact) mass is 1750 g/mol. The molecule has 0 saturated heterocycles. The van der Waals surface area contributed by atoms with Gasteiger partial charge < -0.3 is 72.9 Å². The van der Waals surface area contributed by atoms with Crippen molar-refractivity contribution in [3.8, 4) is 29.4 Å². The highest BCUT2D eigenvalue weighted by Gasteiger charge is 2.27. The van der Waals surface area contributed by atoms with Gasteiger partial charge in [-0.25, -0.2) is 47.5 Å². The van der Waals surface area contributed by atoms with E-state index >= 15 is 0 Å². The summed E-state index contributed by atoms with van der Waals surface area (Å²) >= 11 is 5.91. The number of halogens is 1. The zero-order chi connectivity index (χ0) is 91.9. The standard InChI is InChI=1S/C19H22N4O3.C18H19ClN4O3.2C18H21N5O2.C18H20N4O3/c1-13-16(24)9-8-14(18(13)25)20-17-15-7-5-6-10-22(15)21-19(17)26-12-11-23(2,3)4;1-23(2,3)8-9-26-18-17(14-6-4-5-7-22(14)21-18)20-13-10-12(19)15(24)11-16(13)25;1-23(2,3)10-11-25-18-17(16-6-4-5-9-22(16)21-18)20-15-8-7-13(24)12-14(15)19;1-23(2,3)10-11-25-18-17(15-6-4-5-9-22(15)21-18)20-14-8-7-13(19)12-16(14)24;1-22(2,3)10-11-25-18-17(15-6-4-5-9-21(15)20-18)19-14-8-7-13(23)12-16(14)24/h5-10H,11-12H2,1-4H3;4-7,10-11H,8-9H2,1-3H3;2*4-9,12H,10-11H2,1-3H3,(H-,19,24);4-9,12H,10-11H2,1-3H3/p+5. The number of aromatic nitrogens is 10. The van der Waals surface area contributed by atoms with Gasteiger partial charge in [0.25, 0.3) is 29.4 Å². The molecular weight excluding hydrogens is 1640 g/mol. The summed E-state index contributed by atoms with van der Waals surface area (Å²) in [6.45, 7) is 8.08. The largest absolute Gasteiger partial charge is 0.506 e. The SMILES string of the molecule is CC1=C(O)C(=Nc2c(OCC[N+](C)(C)C)nn3ccccc23)C=CC1=O.C[N+](C)(C)CCOc1nn2ccccc2c1N=C1C=C(Cl)C(O)=CC1=O.C[N+](C)(C)CCOc1nn2ccccc2c1N=C1C=CC(=O)C=C1N.C[N+](C)(C)CCOc1nn2ccccc2c1N=C1C=CC(=O)C=C1O.C[N+](C)(C)CCOc1nn2ccccc2c1N=C1C=CC(N)=CC1=O. The maximum absolute atomic E-state index is 12.1. The summed E-state index contributed by atoms with van der Waals surface area (Å²) < 4.78 is 41.6. The molecule has 127 heavy (non-hydrogen) atoms. The first kappa shape index (κ1) is 93.3. The lowest BCUT2D eigenvalue weighted by atomic mass is 10.0. The fourth-order valence-electron chi connectivity index (χ4n) is 11.7. The van der Waals surface area contributed by atoms with E-state index in [4.69, 9.17) is 46.8 Å². The van der Waals surface area contributed by atoms with E-state index in [1.54, 1.807) is 53.9 Å². The molecule has 5 aliphatic rings. The fraction of sp³-hybridized carbons (Fsp3) is 0.286. The molecule has 0 spiro atoms. The second-order valence-corrected chi connectivity index (χ2v) is 35.1. The lowest BCUT2D eigenvalue weighted by Gasteiger charge is -2.23. The van der Waals surface area contributed by atoms with Crippen LogP contribution in [0.5, 0.6) is 29.4 Å². The molecule has 662 valence electrons. The Morgan fingerprint density at radius 2 is 0.638 bits per heavy atom. The summed E-state index contributed by atoms with van der Waals surface area (Å²) in [5.41, 5.74) is 20.6. The van der Waals surface area contributed by atoms with E-state index in [1.165, 1.54) is 48.6 Å². The summed E-state index contributed by atoms with van der Waals surface area (Å²) in [5.74, 6) is 0.145. The van der Waals surface area contributed by atoms with Crippen LogP contribution in [0.4, 0.5) is 28.4 Å². The predicted octanol–water partition coefficient (Wildman–Crippen LogP) is 10.1. The molecule has 0 aromatic carbocycles. The van der Waals surface area contributed by atoms with Gasteiger partial charge in [0, 0.05) is 66.6 Å². The number of aliphatic hydroxyl groups is 3. The van der Waals surface area contributed by atoms with Crippen molar-refractivity contribution >= 4 is 125 Å². The molecule has 0 amide bonds. The summed E-state index contributed by atoms with van der Waals surface area (Å²) in [6, 6.07) is 28.2. The van der Waals surface area contributed by atoms with Crippen molar-refractivity contribution in [1.82, 2.24) is 48.1 Å². The van der Waals surface area contributed by atoms with Gasteiger partial charge in [-0.1, -0.05) is 41.9 Å². The number of aliphatic hydroxyl groups excluding tert-OH is 3. The Labute approximate surface area is 739 Å². The van der Waals surface area contributed by atoms with Gasteiger partial charge in [-0.15, -0.1) is 25.5 Å². The molecule has 10 aromatic rings. The second kappa shape index (κ2) is 40.1. The number of ketones is 5. The minimum Gasteiger partial charge on any atom is -0.506 e. The molecule has 0 saturated carbocycles. The highest BCUT2D eigenvalue weighted by atomic mass is 35.5. The summed E-state index contributed by atoms with van der Waals surface area (Å²) in [7, 11) is 31.3. The van der Waals surface area contributed by atoms with Crippen LogP contribution >= 0.6 is 11.6 Å². The van der Waals surface area contributed by atoms with E-state index < -0.39 is 5.78 Å². The van der Waals surface area contributed by atoms with Crippen molar-refractivity contribution < 1.29 is 85.4 Å². The molecular formula is C91H108ClN22O13+5. The second-order valence-electron chi connectivity index (χ2n) is 34.7. The number of hydrogen-bond acceptors (Lipinski definition) is 25. The average molecular weight is 1750 g/mol. The molecule has 36 heteroatoms. The Morgan fingerprint density at radius 3 is 0.976 bits per heavy atom. The number of aliphatic imine (C=N–C) groups is 5. The van der Waals surface area contributed by atoms with Crippen LogP contribution in [0.15, 0.2) is 265 Å². The average Bonchev–Trinajstić information content (AvgIpc) is 1.67. The van der Waals surface area contributed by atoms with Crippen LogP contribution in [0.3, 0.4) is 0 Å². The molecule has 0 atom stereocenters. The van der Waals surface area contributed by atoms with Crippen LogP contribution in [0, 0.1) is 0 Å². The van der Waals surface area contributed by atoms with E-state index in [2.05, 4.69) is 156 Å². The van der Waals surface area contributed by atoms with Gasteiger partial charge in [0.15, 0.2) is 45.8 Å². The molecule has 35 nitrogen and oxygen atoms in total. The Balaban J connectivity index is 0.000000154. The number of nitrogens with two attached hydrogens (primary N) is 2. The van der Waals surface area contributed by atoms with E-state index in [-0.39, 0.29) is 56.7 Å². The number of nitrogens with zero attached hydrogens (tertiary/aromatic N) is 20. The van der Waals surface area contributed by atoms with Gasteiger partial charge in [0.1, 0.15) is 106 Å². The highest BCUT2D eigenvalue weighted by Crippen LogP contribution is 2.38. The first-order valence-electron chi connectivity index (χ1n) is 40.4. The smallest absolute Gasteiger partial charge is 0.260 e. The minimum atomic E-state index is -0.431. The molecule has 0 unspecified atom stereocenters. The van der Waals surface area contributed by atoms with E-state index in [1.807, 2.05) is 116 Å². The molecule has 0 radical (unpaired) electrons. The minimum absolute atomic E-state index is 0.0623.